The van der Waals surface area contributed by atoms with E-state index in [0.29, 0.717) is 12.5 Å². The van der Waals surface area contributed by atoms with Gasteiger partial charge in [-0.25, -0.2) is 0 Å². The summed E-state index contributed by atoms with van der Waals surface area (Å²) in [6.07, 6.45) is 2.10. The Morgan fingerprint density at radius 3 is 2.41 bits per heavy atom. The molecule has 1 unspecified atom stereocenters. The highest BCUT2D eigenvalue weighted by Crippen LogP contribution is 2.40. The first-order chi connectivity index (χ1) is 10.4. The van der Waals surface area contributed by atoms with E-state index in [4.69, 9.17) is 10.5 Å². The summed E-state index contributed by atoms with van der Waals surface area (Å²) in [7, 11) is 0. The average Bonchev–Trinajstić information content (AvgIpc) is 2.49. The summed E-state index contributed by atoms with van der Waals surface area (Å²) in [5.41, 5.74) is 7.52. The largest absolute Gasteiger partial charge is 0.476 e. The number of fused-ring (bicyclic) bond motifs is 1. The van der Waals surface area contributed by atoms with Crippen LogP contribution in [0.4, 0.5) is 5.69 Å². The summed E-state index contributed by atoms with van der Waals surface area (Å²) >= 11 is 0. The number of benzene rings is 1. The molecule has 1 aliphatic heterocycles. The molecule has 4 nitrogen and oxygen atoms in total. The molecule has 1 atom stereocenters. The van der Waals surface area contributed by atoms with Crippen LogP contribution in [0.1, 0.15) is 59.1 Å². The second-order valence-electron chi connectivity index (χ2n) is 6.49. The first-order valence-corrected chi connectivity index (χ1v) is 8.26. The molecule has 122 valence electrons. The van der Waals surface area contributed by atoms with Crippen molar-refractivity contribution in [3.05, 3.63) is 23.8 Å². The lowest BCUT2D eigenvalue weighted by molar-refractivity contribution is -0.132. The molecule has 0 saturated carbocycles. The molecule has 1 heterocycles. The smallest absolute Gasteiger partial charge is 0.270 e. The molecule has 2 rings (SSSR count). The van der Waals surface area contributed by atoms with Crippen molar-refractivity contribution in [3.63, 3.8) is 0 Å². The summed E-state index contributed by atoms with van der Waals surface area (Å²) in [6.45, 7) is 10.6. The Balaban J connectivity index is 2.42. The van der Waals surface area contributed by atoms with Gasteiger partial charge in [-0.05, 0) is 44.4 Å². The molecule has 0 bridgehead atoms. The molecule has 1 amide bonds. The lowest BCUT2D eigenvalue weighted by Gasteiger charge is -2.39. The number of hydrogen-bond donors (Lipinski definition) is 1. The van der Waals surface area contributed by atoms with Crippen molar-refractivity contribution >= 4 is 11.6 Å². The number of carbonyl (C=O) groups excluding carboxylic acids is 1. The van der Waals surface area contributed by atoms with Crippen LogP contribution in [0.2, 0.25) is 0 Å². The maximum Gasteiger partial charge on any atom is 0.270 e. The van der Waals surface area contributed by atoms with Crippen LogP contribution in [0.15, 0.2) is 18.2 Å². The Bertz CT molecular complexity index is 550. The number of rotatable bonds is 5. The first kappa shape index (κ1) is 16.8. The molecule has 0 radical (unpaired) electrons. The van der Waals surface area contributed by atoms with E-state index in [1.165, 1.54) is 0 Å². The fourth-order valence-corrected chi connectivity index (χ4v) is 3.17. The van der Waals surface area contributed by atoms with Crippen LogP contribution >= 0.6 is 0 Å². The molecule has 0 fully saturated rings. The van der Waals surface area contributed by atoms with Gasteiger partial charge in [-0.1, -0.05) is 32.8 Å². The van der Waals surface area contributed by atoms with Crippen molar-refractivity contribution in [2.45, 2.75) is 59.1 Å². The predicted octanol–water partition coefficient (Wildman–Crippen LogP) is 3.65. The number of ether oxygens (including phenoxy) is 1. The normalized spacial score (nSPS) is 18.1. The number of nitrogens with two attached hydrogens (primary N) is 1. The molecular weight excluding hydrogens is 276 g/mol. The molecule has 0 saturated heterocycles. The summed E-state index contributed by atoms with van der Waals surface area (Å²) in [4.78, 5) is 14.3. The third kappa shape index (κ3) is 2.84. The zero-order valence-corrected chi connectivity index (χ0v) is 14.3. The van der Waals surface area contributed by atoms with E-state index in [1.54, 1.807) is 4.90 Å². The third-order valence-electron chi connectivity index (χ3n) is 4.66. The van der Waals surface area contributed by atoms with Crippen molar-refractivity contribution < 1.29 is 9.53 Å². The third-order valence-corrected chi connectivity index (χ3v) is 4.66. The fraction of sp³-hybridized carbons (Fsp3) is 0.611. The van der Waals surface area contributed by atoms with Crippen LogP contribution in [0.25, 0.3) is 0 Å². The molecule has 1 aromatic carbocycles. The summed E-state index contributed by atoms with van der Waals surface area (Å²) in [6, 6.07) is 5.99. The summed E-state index contributed by atoms with van der Waals surface area (Å²) < 4.78 is 5.88. The SMILES string of the molecule is CCC(CC)C(N)c1ccc2c(c1)N(CC)C(=O)C(C)(C)O2. The van der Waals surface area contributed by atoms with Crippen molar-refractivity contribution in [1.82, 2.24) is 0 Å². The minimum absolute atomic E-state index is 0.00393. The van der Waals surface area contributed by atoms with Gasteiger partial charge in [0.15, 0.2) is 5.60 Å². The van der Waals surface area contributed by atoms with Gasteiger partial charge >= 0.3 is 0 Å². The van der Waals surface area contributed by atoms with E-state index in [2.05, 4.69) is 13.8 Å². The average molecular weight is 304 g/mol. The second kappa shape index (κ2) is 6.29. The molecule has 2 N–H and O–H groups in total. The number of nitrogens with zero attached hydrogens (tertiary/aromatic N) is 1. The second-order valence-corrected chi connectivity index (χ2v) is 6.49. The Labute approximate surface area is 133 Å². The van der Waals surface area contributed by atoms with Crippen LogP contribution in [0.5, 0.6) is 5.75 Å². The highest BCUT2D eigenvalue weighted by molar-refractivity contribution is 6.02. The van der Waals surface area contributed by atoms with Gasteiger partial charge in [0.25, 0.3) is 5.91 Å². The van der Waals surface area contributed by atoms with E-state index in [-0.39, 0.29) is 11.9 Å². The number of carbonyl (C=O) groups is 1. The number of amides is 1. The minimum atomic E-state index is -0.817. The van der Waals surface area contributed by atoms with Crippen LogP contribution < -0.4 is 15.4 Å². The van der Waals surface area contributed by atoms with Gasteiger partial charge in [-0.15, -0.1) is 0 Å². The molecule has 0 aliphatic carbocycles. The molecule has 0 aromatic heterocycles. The Hall–Kier alpha value is -1.55. The number of hydrogen-bond acceptors (Lipinski definition) is 3. The van der Waals surface area contributed by atoms with E-state index < -0.39 is 5.60 Å². The van der Waals surface area contributed by atoms with Gasteiger partial charge in [-0.2, -0.15) is 0 Å². The maximum atomic E-state index is 12.5. The van der Waals surface area contributed by atoms with Crippen molar-refractivity contribution in [2.75, 3.05) is 11.4 Å². The molecule has 0 spiro atoms. The van der Waals surface area contributed by atoms with Crippen molar-refractivity contribution in [3.8, 4) is 5.75 Å². The number of likely N-dealkylation sites (N-methyl/N-ethyl adjacent to an activating group) is 1. The topological polar surface area (TPSA) is 55.6 Å². The Kier molecular flexibility index (Phi) is 4.81. The Morgan fingerprint density at radius 1 is 1.23 bits per heavy atom. The van der Waals surface area contributed by atoms with Gasteiger partial charge in [0.1, 0.15) is 5.75 Å². The van der Waals surface area contributed by atoms with Gasteiger partial charge in [0.2, 0.25) is 0 Å². The van der Waals surface area contributed by atoms with E-state index in [1.807, 2.05) is 39.0 Å². The molecular formula is C18H28N2O2. The monoisotopic (exact) mass is 304 g/mol. The van der Waals surface area contributed by atoms with E-state index >= 15 is 0 Å². The van der Waals surface area contributed by atoms with Crippen molar-refractivity contribution in [1.29, 1.82) is 0 Å². The summed E-state index contributed by atoms with van der Waals surface area (Å²) in [5, 5.41) is 0. The Morgan fingerprint density at radius 2 is 1.86 bits per heavy atom. The van der Waals surface area contributed by atoms with Gasteiger partial charge in [0, 0.05) is 12.6 Å². The fourth-order valence-electron chi connectivity index (χ4n) is 3.17. The van der Waals surface area contributed by atoms with Gasteiger partial charge in [0.05, 0.1) is 5.69 Å². The zero-order chi connectivity index (χ0) is 16.5. The quantitative estimate of drug-likeness (QED) is 0.903. The molecule has 22 heavy (non-hydrogen) atoms. The molecule has 4 heteroatoms. The lowest BCUT2D eigenvalue weighted by Crippen LogP contribution is -2.52. The van der Waals surface area contributed by atoms with Crippen LogP contribution in [-0.2, 0) is 4.79 Å². The van der Waals surface area contributed by atoms with Crippen molar-refractivity contribution in [2.24, 2.45) is 11.7 Å². The summed E-state index contributed by atoms with van der Waals surface area (Å²) in [5.74, 6) is 1.20. The number of anilines is 1. The highest BCUT2D eigenvalue weighted by Gasteiger charge is 2.40. The van der Waals surface area contributed by atoms with Crippen LogP contribution in [0.3, 0.4) is 0 Å². The minimum Gasteiger partial charge on any atom is -0.476 e. The van der Waals surface area contributed by atoms with Gasteiger partial charge in [-0.3, -0.25) is 4.79 Å². The van der Waals surface area contributed by atoms with E-state index in [9.17, 15) is 4.79 Å². The van der Waals surface area contributed by atoms with Gasteiger partial charge < -0.3 is 15.4 Å². The maximum absolute atomic E-state index is 12.5. The zero-order valence-electron chi connectivity index (χ0n) is 14.3. The highest BCUT2D eigenvalue weighted by atomic mass is 16.5. The van der Waals surface area contributed by atoms with E-state index in [0.717, 1.165) is 29.8 Å². The molecule has 1 aromatic rings. The lowest BCUT2D eigenvalue weighted by atomic mass is 9.89. The molecule has 1 aliphatic rings. The van der Waals surface area contributed by atoms with Crippen LogP contribution in [-0.4, -0.2) is 18.1 Å². The van der Waals surface area contributed by atoms with Crippen LogP contribution in [0, 0.1) is 5.92 Å². The standard InChI is InChI=1S/C18H28N2O2/c1-6-12(7-2)16(19)13-9-10-15-14(11-13)20(8-3)17(21)18(4,5)22-15/h9-12,16H,6-8,19H2,1-5H3. The first-order valence-electron chi connectivity index (χ1n) is 8.26. The predicted molar refractivity (Wildman–Crippen MR) is 90.2 cm³/mol.